The second kappa shape index (κ2) is 5.55. The SMILES string of the molecule is O=C1C[C@H](NC23CC4CC(CC(C4)C2)C3)C(=O)N1c1ccccc1Cl. The summed E-state index contributed by atoms with van der Waals surface area (Å²) in [7, 11) is 0. The quantitative estimate of drug-likeness (QED) is 0.841. The Balaban J connectivity index is 1.38. The van der Waals surface area contributed by atoms with Gasteiger partial charge in [-0.15, -0.1) is 0 Å². The number of carbonyl (C=O) groups is 2. The van der Waals surface area contributed by atoms with Gasteiger partial charge in [0.2, 0.25) is 5.91 Å². The van der Waals surface area contributed by atoms with E-state index in [9.17, 15) is 9.59 Å². The van der Waals surface area contributed by atoms with Crippen molar-refractivity contribution in [3.05, 3.63) is 29.3 Å². The average molecular weight is 359 g/mol. The van der Waals surface area contributed by atoms with Gasteiger partial charge in [-0.2, -0.15) is 0 Å². The number of hydrogen-bond donors (Lipinski definition) is 1. The minimum atomic E-state index is -0.403. The van der Waals surface area contributed by atoms with Gasteiger partial charge in [-0.25, -0.2) is 4.90 Å². The van der Waals surface area contributed by atoms with Crippen LogP contribution in [0.1, 0.15) is 44.9 Å². The summed E-state index contributed by atoms with van der Waals surface area (Å²) in [6, 6.07) is 6.67. The molecule has 0 radical (unpaired) electrons. The van der Waals surface area contributed by atoms with E-state index in [0.29, 0.717) is 10.7 Å². The van der Waals surface area contributed by atoms with E-state index in [2.05, 4.69) is 5.32 Å². The Morgan fingerprint density at radius 2 is 1.60 bits per heavy atom. The van der Waals surface area contributed by atoms with Gasteiger partial charge in [0.05, 0.1) is 23.2 Å². The third-order valence-corrected chi connectivity index (χ3v) is 7.08. The average Bonchev–Trinajstić information content (AvgIpc) is 2.80. The van der Waals surface area contributed by atoms with Gasteiger partial charge in [-0.1, -0.05) is 23.7 Å². The van der Waals surface area contributed by atoms with Crippen molar-refractivity contribution in [2.75, 3.05) is 4.90 Å². The smallest absolute Gasteiger partial charge is 0.251 e. The molecule has 1 heterocycles. The van der Waals surface area contributed by atoms with Crippen molar-refractivity contribution in [1.82, 2.24) is 5.32 Å². The molecule has 0 aromatic heterocycles. The van der Waals surface area contributed by atoms with E-state index in [0.717, 1.165) is 17.8 Å². The van der Waals surface area contributed by atoms with Crippen LogP contribution < -0.4 is 10.2 Å². The number of carbonyl (C=O) groups excluding carboxylic acids is 2. The molecule has 1 N–H and O–H groups in total. The number of nitrogens with one attached hydrogen (secondary N) is 1. The van der Waals surface area contributed by atoms with Crippen LogP contribution in [0.4, 0.5) is 5.69 Å². The molecule has 6 rings (SSSR count). The van der Waals surface area contributed by atoms with E-state index in [1.54, 1.807) is 12.1 Å². The van der Waals surface area contributed by atoms with Gasteiger partial charge in [-0.3, -0.25) is 14.9 Å². The molecule has 25 heavy (non-hydrogen) atoms. The van der Waals surface area contributed by atoms with Crippen molar-refractivity contribution in [2.24, 2.45) is 17.8 Å². The summed E-state index contributed by atoms with van der Waals surface area (Å²) in [5, 5.41) is 4.11. The first-order valence-corrected chi connectivity index (χ1v) is 9.80. The van der Waals surface area contributed by atoms with Gasteiger partial charge in [0.15, 0.2) is 0 Å². The van der Waals surface area contributed by atoms with Gasteiger partial charge in [0.25, 0.3) is 5.91 Å². The normalized spacial score (nSPS) is 39.5. The first-order chi connectivity index (χ1) is 12.0. The fourth-order valence-corrected chi connectivity index (χ4v) is 6.51. The summed E-state index contributed by atoms with van der Waals surface area (Å²) in [5.74, 6) is 2.14. The van der Waals surface area contributed by atoms with Crippen LogP contribution in [0.15, 0.2) is 24.3 Å². The maximum atomic E-state index is 13.0. The summed E-state index contributed by atoms with van der Waals surface area (Å²) in [6.45, 7) is 0. The van der Waals surface area contributed by atoms with Crippen LogP contribution in [-0.4, -0.2) is 23.4 Å². The number of hydrogen-bond acceptors (Lipinski definition) is 3. The number of amides is 2. The Morgan fingerprint density at radius 1 is 1.00 bits per heavy atom. The second-order valence-corrected chi connectivity index (χ2v) is 9.02. The van der Waals surface area contributed by atoms with Crippen molar-refractivity contribution in [1.29, 1.82) is 0 Å². The molecule has 1 aromatic carbocycles. The molecular formula is C20H23ClN2O2. The second-order valence-electron chi connectivity index (χ2n) is 8.62. The number of benzene rings is 1. The summed E-state index contributed by atoms with van der Waals surface area (Å²) < 4.78 is 0. The Bertz CT molecular complexity index is 712. The monoisotopic (exact) mass is 358 g/mol. The van der Waals surface area contributed by atoms with Crippen LogP contribution >= 0.6 is 11.6 Å². The molecule has 1 saturated heterocycles. The zero-order valence-corrected chi connectivity index (χ0v) is 15.0. The lowest BCUT2D eigenvalue weighted by Crippen LogP contribution is -2.61. The third kappa shape index (κ3) is 2.53. The standard InChI is InChI=1S/C20H23ClN2O2/c21-15-3-1-2-4-17(15)23-18(24)8-16(19(23)25)22-20-9-12-5-13(10-20)7-14(6-12)11-20/h1-4,12-14,16,22H,5-11H2/t12?,13?,14?,16-,20?/m0/s1. The van der Waals surface area contributed by atoms with Crippen LogP contribution in [0, 0.1) is 17.8 Å². The summed E-state index contributed by atoms with van der Waals surface area (Å²) >= 11 is 6.22. The molecule has 1 atom stereocenters. The third-order valence-electron chi connectivity index (χ3n) is 6.76. The van der Waals surface area contributed by atoms with E-state index < -0.39 is 6.04 Å². The van der Waals surface area contributed by atoms with Gasteiger partial charge < -0.3 is 0 Å². The molecule has 5 fully saturated rings. The van der Waals surface area contributed by atoms with Gasteiger partial charge in [-0.05, 0) is 68.4 Å². The van der Waals surface area contributed by atoms with Crippen molar-refractivity contribution in [3.63, 3.8) is 0 Å². The lowest BCUT2D eigenvalue weighted by Gasteiger charge is -2.57. The molecule has 0 unspecified atom stereocenters. The largest absolute Gasteiger partial charge is 0.300 e. The first-order valence-electron chi connectivity index (χ1n) is 9.42. The molecule has 0 spiro atoms. The van der Waals surface area contributed by atoms with Gasteiger partial charge in [0.1, 0.15) is 0 Å². The van der Waals surface area contributed by atoms with Crippen molar-refractivity contribution >= 4 is 29.1 Å². The summed E-state index contributed by atoms with van der Waals surface area (Å²) in [4.78, 5) is 26.8. The van der Waals surface area contributed by atoms with Crippen LogP contribution in [0.5, 0.6) is 0 Å². The molecule has 4 saturated carbocycles. The molecule has 4 aliphatic carbocycles. The van der Waals surface area contributed by atoms with Crippen molar-refractivity contribution < 1.29 is 9.59 Å². The van der Waals surface area contributed by atoms with E-state index in [1.165, 1.54) is 43.4 Å². The molecule has 4 bridgehead atoms. The highest BCUT2D eigenvalue weighted by atomic mass is 35.5. The number of halogens is 1. The number of rotatable bonds is 3. The highest BCUT2D eigenvalue weighted by molar-refractivity contribution is 6.36. The number of nitrogens with zero attached hydrogens (tertiary/aromatic N) is 1. The minimum Gasteiger partial charge on any atom is -0.300 e. The molecule has 5 aliphatic rings. The maximum Gasteiger partial charge on any atom is 0.251 e. The maximum absolute atomic E-state index is 13.0. The zero-order chi connectivity index (χ0) is 17.2. The molecule has 1 aliphatic heterocycles. The highest BCUT2D eigenvalue weighted by Gasteiger charge is 2.53. The van der Waals surface area contributed by atoms with Crippen LogP contribution in [0.25, 0.3) is 0 Å². The number of anilines is 1. The Hall–Kier alpha value is -1.39. The van der Waals surface area contributed by atoms with Gasteiger partial charge >= 0.3 is 0 Å². The Morgan fingerprint density at radius 3 is 2.20 bits per heavy atom. The van der Waals surface area contributed by atoms with Gasteiger partial charge in [0, 0.05) is 5.54 Å². The zero-order valence-electron chi connectivity index (χ0n) is 14.2. The fourth-order valence-electron chi connectivity index (χ4n) is 6.29. The molecule has 5 heteroatoms. The topological polar surface area (TPSA) is 49.4 Å². The first kappa shape index (κ1) is 15.8. The highest BCUT2D eigenvalue weighted by Crippen LogP contribution is 2.56. The van der Waals surface area contributed by atoms with E-state index in [-0.39, 0.29) is 23.8 Å². The van der Waals surface area contributed by atoms with E-state index >= 15 is 0 Å². The fraction of sp³-hybridized carbons (Fsp3) is 0.600. The molecule has 2 amide bonds. The van der Waals surface area contributed by atoms with Crippen molar-refractivity contribution in [3.8, 4) is 0 Å². The summed E-state index contributed by atoms with van der Waals surface area (Å²) in [6.07, 6.45) is 7.85. The number of imide groups is 1. The lowest BCUT2D eigenvalue weighted by atomic mass is 9.53. The lowest BCUT2D eigenvalue weighted by molar-refractivity contribution is -0.122. The van der Waals surface area contributed by atoms with E-state index in [4.69, 9.17) is 11.6 Å². The molecule has 132 valence electrons. The Kier molecular flexibility index (Phi) is 3.52. The van der Waals surface area contributed by atoms with Crippen LogP contribution in [0.3, 0.4) is 0 Å². The van der Waals surface area contributed by atoms with Crippen molar-refractivity contribution in [2.45, 2.75) is 56.5 Å². The predicted octanol–water partition coefficient (Wildman–Crippen LogP) is 3.53. The van der Waals surface area contributed by atoms with Crippen LogP contribution in [-0.2, 0) is 9.59 Å². The predicted molar refractivity (Wildman–Crippen MR) is 96.4 cm³/mol. The Labute approximate surface area is 152 Å². The van der Waals surface area contributed by atoms with Crippen LogP contribution in [0.2, 0.25) is 5.02 Å². The number of para-hydroxylation sites is 1. The molecule has 1 aromatic rings. The summed E-state index contributed by atoms with van der Waals surface area (Å²) in [5.41, 5.74) is 0.584. The molecular weight excluding hydrogens is 336 g/mol. The molecule has 4 nitrogen and oxygen atoms in total. The minimum absolute atomic E-state index is 0.0752. The van der Waals surface area contributed by atoms with E-state index in [1.807, 2.05) is 12.1 Å².